The number of carbonyl (C=O) groups excluding carboxylic acids is 4. The van der Waals surface area contributed by atoms with Gasteiger partial charge in [0.1, 0.15) is 12.6 Å². The molecule has 10 heteroatoms. The Hall–Kier alpha value is -5.35. The van der Waals surface area contributed by atoms with Crippen molar-refractivity contribution in [2.45, 2.75) is 12.6 Å². The highest BCUT2D eigenvalue weighted by atomic mass is 16.5. The quantitative estimate of drug-likeness (QED) is 0.295. The molecule has 1 aromatic heterocycles. The number of carbonyl (C=O) groups is 4. The van der Waals surface area contributed by atoms with E-state index < -0.39 is 36.1 Å². The second-order valence-corrected chi connectivity index (χ2v) is 10.6. The van der Waals surface area contributed by atoms with Crippen LogP contribution in [0.2, 0.25) is 0 Å². The molecule has 1 atom stereocenters. The van der Waals surface area contributed by atoms with Crippen LogP contribution >= 0.6 is 0 Å². The zero-order valence-corrected chi connectivity index (χ0v) is 24.0. The molecule has 0 radical (unpaired) electrons. The number of fused-ring (bicyclic) bond motifs is 1. The van der Waals surface area contributed by atoms with Gasteiger partial charge in [-0.2, -0.15) is 0 Å². The van der Waals surface area contributed by atoms with E-state index in [1.54, 1.807) is 67.0 Å². The van der Waals surface area contributed by atoms with Gasteiger partial charge in [-0.25, -0.2) is 0 Å². The topological polar surface area (TPSA) is 112 Å². The number of morpholine rings is 1. The molecule has 44 heavy (non-hydrogen) atoms. The fourth-order valence-electron chi connectivity index (χ4n) is 5.54. The predicted octanol–water partition coefficient (Wildman–Crippen LogP) is 3.86. The summed E-state index contributed by atoms with van der Waals surface area (Å²) in [7, 11) is 0. The van der Waals surface area contributed by atoms with Crippen molar-refractivity contribution in [1.82, 2.24) is 9.88 Å². The van der Waals surface area contributed by atoms with E-state index in [1.807, 2.05) is 36.4 Å². The van der Waals surface area contributed by atoms with Crippen LogP contribution in [0.25, 0.3) is 0 Å². The maximum absolute atomic E-state index is 14.2. The Bertz CT molecular complexity index is 1660. The highest BCUT2D eigenvalue weighted by molar-refractivity contribution is 6.52. The maximum Gasteiger partial charge on any atom is 0.299 e. The Morgan fingerprint density at radius 3 is 2.34 bits per heavy atom. The molecule has 1 N–H and O–H groups in total. The van der Waals surface area contributed by atoms with Crippen molar-refractivity contribution in [3.05, 3.63) is 120 Å². The third-order valence-corrected chi connectivity index (χ3v) is 7.75. The summed E-state index contributed by atoms with van der Waals surface area (Å²) in [6.45, 7) is 2.56. The standard InChI is InChI=1S/C34H31N5O5/c40-30(23-38-29-11-5-4-10-28(29)32(41)34(38)43)39(22-24-7-6-16-35-21-24)31(25-8-2-1-3-9-25)33(42)36-26-12-14-27(15-13-26)37-17-19-44-20-18-37/h1-16,21,31H,17-20,22-23H2,(H,36,42). The molecular formula is C34H31N5O5. The summed E-state index contributed by atoms with van der Waals surface area (Å²) in [6, 6.07) is 25.7. The smallest absolute Gasteiger partial charge is 0.299 e. The minimum atomic E-state index is -1.05. The number of ether oxygens (including phenoxy) is 1. The average molecular weight is 590 g/mol. The first-order valence-electron chi connectivity index (χ1n) is 14.4. The predicted molar refractivity (Wildman–Crippen MR) is 165 cm³/mol. The summed E-state index contributed by atoms with van der Waals surface area (Å²) in [5, 5.41) is 2.99. The molecule has 3 aromatic carbocycles. The molecule has 0 saturated carbocycles. The van der Waals surface area contributed by atoms with Crippen LogP contribution in [-0.4, -0.2) is 66.2 Å². The number of pyridine rings is 1. The SMILES string of the molecule is O=C1C(=O)N(CC(=O)N(Cc2cccnc2)C(C(=O)Nc2ccc(N3CCOCC3)cc2)c2ccccc2)c2ccccc21. The number of anilines is 3. The first-order valence-corrected chi connectivity index (χ1v) is 14.4. The lowest BCUT2D eigenvalue weighted by atomic mass is 10.0. The first kappa shape index (κ1) is 28.8. The Balaban J connectivity index is 1.31. The van der Waals surface area contributed by atoms with Crippen molar-refractivity contribution in [1.29, 1.82) is 0 Å². The number of rotatable bonds is 9. The monoisotopic (exact) mass is 589 g/mol. The number of hydrogen-bond acceptors (Lipinski definition) is 7. The van der Waals surface area contributed by atoms with Crippen LogP contribution in [0.4, 0.5) is 17.1 Å². The molecule has 0 bridgehead atoms. The number of para-hydroxylation sites is 1. The number of hydrogen-bond donors (Lipinski definition) is 1. The zero-order valence-electron chi connectivity index (χ0n) is 24.0. The zero-order chi connectivity index (χ0) is 30.5. The number of nitrogens with one attached hydrogen (secondary N) is 1. The molecule has 0 aliphatic carbocycles. The maximum atomic E-state index is 14.2. The van der Waals surface area contributed by atoms with E-state index in [-0.39, 0.29) is 12.1 Å². The van der Waals surface area contributed by atoms with Crippen molar-refractivity contribution in [2.24, 2.45) is 0 Å². The molecule has 1 fully saturated rings. The molecule has 6 rings (SSSR count). The Labute approximate surface area is 254 Å². The lowest BCUT2D eigenvalue weighted by molar-refractivity contribution is -0.139. The van der Waals surface area contributed by atoms with Crippen LogP contribution in [0.3, 0.4) is 0 Å². The van der Waals surface area contributed by atoms with Crippen molar-refractivity contribution in [3.8, 4) is 0 Å². The van der Waals surface area contributed by atoms with Crippen molar-refractivity contribution < 1.29 is 23.9 Å². The average Bonchev–Trinajstić information content (AvgIpc) is 3.31. The van der Waals surface area contributed by atoms with Gasteiger partial charge in [0.05, 0.1) is 24.5 Å². The van der Waals surface area contributed by atoms with Gasteiger partial charge in [-0.1, -0.05) is 48.5 Å². The number of amides is 3. The van der Waals surface area contributed by atoms with Gasteiger partial charge in [-0.3, -0.25) is 29.1 Å². The Morgan fingerprint density at radius 2 is 1.61 bits per heavy atom. The molecule has 2 aliphatic rings. The highest BCUT2D eigenvalue weighted by Crippen LogP contribution is 2.31. The van der Waals surface area contributed by atoms with E-state index in [9.17, 15) is 19.2 Å². The lowest BCUT2D eigenvalue weighted by Gasteiger charge is -2.33. The van der Waals surface area contributed by atoms with Crippen molar-refractivity contribution >= 4 is 40.6 Å². The van der Waals surface area contributed by atoms with E-state index in [1.165, 1.54) is 9.80 Å². The number of Topliss-reactive ketones (excluding diaryl/α,β-unsaturated/α-hetero) is 1. The number of nitrogens with zero attached hydrogens (tertiary/aromatic N) is 4. The van der Waals surface area contributed by atoms with Gasteiger partial charge < -0.3 is 19.9 Å². The van der Waals surface area contributed by atoms with Gasteiger partial charge in [0.15, 0.2) is 0 Å². The minimum absolute atomic E-state index is 0.0489. The summed E-state index contributed by atoms with van der Waals surface area (Å²) in [5.41, 5.74) is 3.53. The Morgan fingerprint density at radius 1 is 0.886 bits per heavy atom. The summed E-state index contributed by atoms with van der Waals surface area (Å²) in [5.74, 6) is -2.36. The lowest BCUT2D eigenvalue weighted by Crippen LogP contribution is -2.46. The summed E-state index contributed by atoms with van der Waals surface area (Å²) in [6.07, 6.45) is 3.26. The fraction of sp³-hybridized carbons (Fsp3) is 0.206. The van der Waals surface area contributed by atoms with E-state index >= 15 is 0 Å². The van der Waals surface area contributed by atoms with Crippen LogP contribution in [-0.2, 0) is 25.7 Å². The van der Waals surface area contributed by atoms with Gasteiger partial charge in [-0.15, -0.1) is 0 Å². The molecule has 10 nitrogen and oxygen atoms in total. The third-order valence-electron chi connectivity index (χ3n) is 7.75. The molecule has 1 unspecified atom stereocenters. The fourth-order valence-corrected chi connectivity index (χ4v) is 5.54. The van der Waals surface area contributed by atoms with Crippen LogP contribution in [0.5, 0.6) is 0 Å². The third kappa shape index (κ3) is 6.06. The number of ketones is 1. The van der Waals surface area contributed by atoms with Crippen LogP contribution in [0.1, 0.15) is 27.5 Å². The molecule has 222 valence electrons. The molecule has 2 aliphatic heterocycles. The molecule has 3 amide bonds. The van der Waals surface area contributed by atoms with E-state index in [0.29, 0.717) is 35.7 Å². The van der Waals surface area contributed by atoms with Crippen molar-refractivity contribution in [3.63, 3.8) is 0 Å². The summed E-state index contributed by atoms with van der Waals surface area (Å²) < 4.78 is 5.45. The molecule has 4 aromatic rings. The van der Waals surface area contributed by atoms with E-state index in [0.717, 1.165) is 18.8 Å². The number of aromatic nitrogens is 1. The second kappa shape index (κ2) is 12.9. The summed E-state index contributed by atoms with van der Waals surface area (Å²) in [4.78, 5) is 62.9. The molecule has 1 saturated heterocycles. The molecular weight excluding hydrogens is 558 g/mol. The van der Waals surface area contributed by atoms with Gasteiger partial charge in [0.2, 0.25) is 5.91 Å². The minimum Gasteiger partial charge on any atom is -0.378 e. The van der Waals surface area contributed by atoms with Crippen LogP contribution < -0.4 is 15.1 Å². The van der Waals surface area contributed by atoms with Gasteiger partial charge in [0.25, 0.3) is 17.6 Å². The van der Waals surface area contributed by atoms with Gasteiger partial charge in [0, 0.05) is 43.4 Å². The van der Waals surface area contributed by atoms with Crippen LogP contribution in [0, 0.1) is 0 Å². The van der Waals surface area contributed by atoms with Gasteiger partial charge >= 0.3 is 0 Å². The largest absolute Gasteiger partial charge is 0.378 e. The van der Waals surface area contributed by atoms with Gasteiger partial charge in [-0.05, 0) is 53.6 Å². The normalized spacial score (nSPS) is 15.1. The van der Waals surface area contributed by atoms with Crippen LogP contribution in [0.15, 0.2) is 103 Å². The molecule has 3 heterocycles. The van der Waals surface area contributed by atoms with E-state index in [4.69, 9.17) is 4.74 Å². The highest BCUT2D eigenvalue weighted by Gasteiger charge is 2.39. The first-order chi connectivity index (χ1) is 21.5. The molecule has 0 spiro atoms. The summed E-state index contributed by atoms with van der Waals surface area (Å²) >= 11 is 0. The van der Waals surface area contributed by atoms with Crippen molar-refractivity contribution in [2.75, 3.05) is 48.0 Å². The van der Waals surface area contributed by atoms with E-state index in [2.05, 4.69) is 15.2 Å². The number of benzene rings is 3. The second-order valence-electron chi connectivity index (χ2n) is 10.6. The Kier molecular flexibility index (Phi) is 8.42.